The van der Waals surface area contributed by atoms with Gasteiger partial charge in [-0.1, -0.05) is 31.4 Å². The maximum absolute atomic E-state index is 14.4. The van der Waals surface area contributed by atoms with Crippen LogP contribution in [-0.4, -0.2) is 76.2 Å². The highest BCUT2D eigenvalue weighted by Crippen LogP contribution is 2.58. The third kappa shape index (κ3) is 7.73. The highest BCUT2D eigenvalue weighted by molar-refractivity contribution is 5.95. The van der Waals surface area contributed by atoms with Gasteiger partial charge in [-0.15, -0.1) is 0 Å². The Labute approximate surface area is 308 Å². The van der Waals surface area contributed by atoms with Gasteiger partial charge in [0.1, 0.15) is 18.2 Å². The molecular weight excluding hydrogens is 654 g/mol. The molecule has 1 N–H and O–H groups in total. The third-order valence-corrected chi connectivity index (χ3v) is 12.9. The van der Waals surface area contributed by atoms with E-state index < -0.39 is 0 Å². The number of likely N-dealkylation sites (tertiary alicyclic amines) is 1. The number of aryl methyl sites for hydroxylation is 1. The summed E-state index contributed by atoms with van der Waals surface area (Å²) in [5.74, 6) is 1.96. The summed E-state index contributed by atoms with van der Waals surface area (Å²) in [6.07, 6.45) is 19.1. The smallest absolute Gasteiger partial charge is 0.409 e. The molecule has 4 saturated carbocycles. The van der Waals surface area contributed by atoms with Crippen LogP contribution in [0.5, 0.6) is 5.75 Å². The van der Waals surface area contributed by atoms with Gasteiger partial charge in [0, 0.05) is 43.5 Å². The van der Waals surface area contributed by atoms with E-state index in [0.29, 0.717) is 32.5 Å². The maximum Gasteiger partial charge on any atom is 0.409 e. The molecule has 2 unspecified atom stereocenters. The number of carbonyl (C=O) groups is 2. The number of fused-ring (bicyclic) bond motifs is 3. The summed E-state index contributed by atoms with van der Waals surface area (Å²) in [5.41, 5.74) is 4.83. The average Bonchev–Trinajstić information content (AvgIpc) is 3.59. The lowest BCUT2D eigenvalue weighted by Crippen LogP contribution is -2.51. The van der Waals surface area contributed by atoms with Crippen molar-refractivity contribution in [3.05, 3.63) is 60.0 Å². The van der Waals surface area contributed by atoms with Crippen molar-refractivity contribution >= 4 is 17.8 Å². The number of ether oxygens (including phenoxy) is 2. The number of rotatable bonds is 10. The first-order valence-corrected chi connectivity index (χ1v) is 19.7. The molecule has 2 bridgehead atoms. The molecule has 4 aliphatic carbocycles. The van der Waals surface area contributed by atoms with Crippen molar-refractivity contribution < 1.29 is 24.2 Å². The standard InChI is InChI=1S/C42H57N5O5/c1-30-24-35(11-12-37(30)51-3)42-18-15-41(16-19-42,17-20-42)29-46(39(49)32-8-5-4-6-9-32)38-25-33(13-21-43-38)34-26-44-47(27-34)31(2)28-52-40(50)45-22-7-10-36(48)14-23-45/h11-13,21,24-27,31-32,36,48H,4-10,14-20,22-23,28-29H2,1-3H3. The summed E-state index contributed by atoms with van der Waals surface area (Å²) in [4.78, 5) is 35.8. The first kappa shape index (κ1) is 36.4. The number of hydrogen-bond donors (Lipinski definition) is 1. The first-order chi connectivity index (χ1) is 25.2. The Kier molecular flexibility index (Phi) is 10.9. The molecule has 1 aromatic carbocycles. The molecule has 2 amide bonds. The molecule has 5 aliphatic rings. The quantitative estimate of drug-likeness (QED) is 0.227. The molecule has 280 valence electrons. The van der Waals surface area contributed by atoms with Gasteiger partial charge in [-0.3, -0.25) is 14.4 Å². The van der Waals surface area contributed by atoms with E-state index >= 15 is 0 Å². The second-order valence-electron chi connectivity index (χ2n) is 16.3. The Balaban J connectivity index is 1.06. The van der Waals surface area contributed by atoms with Crippen molar-refractivity contribution in [2.24, 2.45) is 11.3 Å². The maximum atomic E-state index is 14.4. The normalized spacial score (nSPS) is 25.7. The molecular formula is C42H57N5O5. The van der Waals surface area contributed by atoms with Crippen LogP contribution in [0.4, 0.5) is 10.6 Å². The number of nitrogens with zero attached hydrogens (tertiary/aromatic N) is 5. The zero-order chi connectivity index (χ0) is 36.3. The van der Waals surface area contributed by atoms with E-state index in [1.165, 1.54) is 17.5 Å². The minimum Gasteiger partial charge on any atom is -0.496 e. The number of anilines is 1. The van der Waals surface area contributed by atoms with Crippen molar-refractivity contribution in [3.63, 3.8) is 0 Å². The van der Waals surface area contributed by atoms with Crippen LogP contribution in [0.2, 0.25) is 0 Å². The number of carbonyl (C=O) groups excluding carboxylic acids is 2. The Bertz CT molecular complexity index is 1690. The first-order valence-electron chi connectivity index (χ1n) is 19.7. The molecule has 0 spiro atoms. The fourth-order valence-electron chi connectivity index (χ4n) is 9.41. The van der Waals surface area contributed by atoms with Gasteiger partial charge >= 0.3 is 6.09 Å². The van der Waals surface area contributed by atoms with Gasteiger partial charge in [0.2, 0.25) is 5.91 Å². The second kappa shape index (κ2) is 15.6. The van der Waals surface area contributed by atoms with Crippen molar-refractivity contribution in [2.45, 2.75) is 121 Å². The second-order valence-corrected chi connectivity index (χ2v) is 16.3. The van der Waals surface area contributed by atoms with E-state index in [-0.39, 0.29) is 47.5 Å². The molecule has 10 heteroatoms. The number of aromatic nitrogens is 3. The fourth-order valence-corrected chi connectivity index (χ4v) is 9.41. The lowest BCUT2D eigenvalue weighted by atomic mass is 9.51. The minimum atomic E-state index is -0.352. The predicted molar refractivity (Wildman–Crippen MR) is 201 cm³/mol. The summed E-state index contributed by atoms with van der Waals surface area (Å²) in [5, 5.41) is 14.6. The number of benzene rings is 1. The van der Waals surface area contributed by atoms with E-state index in [0.717, 1.165) is 93.3 Å². The summed E-state index contributed by atoms with van der Waals surface area (Å²) < 4.78 is 13.1. The van der Waals surface area contributed by atoms with E-state index in [1.807, 2.05) is 36.3 Å². The molecule has 10 nitrogen and oxygen atoms in total. The summed E-state index contributed by atoms with van der Waals surface area (Å²) >= 11 is 0. The number of aliphatic hydroxyl groups excluding tert-OH is 1. The molecule has 2 atom stereocenters. The van der Waals surface area contributed by atoms with Gasteiger partial charge in [-0.2, -0.15) is 5.10 Å². The highest BCUT2D eigenvalue weighted by atomic mass is 16.6. The summed E-state index contributed by atoms with van der Waals surface area (Å²) in [7, 11) is 1.74. The van der Waals surface area contributed by atoms with Crippen LogP contribution in [0.1, 0.15) is 114 Å². The number of amides is 2. The number of aliphatic hydroxyl groups is 1. The highest BCUT2D eigenvalue weighted by Gasteiger charge is 2.50. The van der Waals surface area contributed by atoms with E-state index in [2.05, 4.69) is 41.2 Å². The predicted octanol–water partition coefficient (Wildman–Crippen LogP) is 8.01. The lowest BCUT2D eigenvalue weighted by Gasteiger charge is -2.55. The van der Waals surface area contributed by atoms with Crippen LogP contribution in [0.3, 0.4) is 0 Å². The average molecular weight is 712 g/mol. The van der Waals surface area contributed by atoms with Crippen LogP contribution in [0.15, 0.2) is 48.9 Å². The lowest BCUT2D eigenvalue weighted by molar-refractivity contribution is -0.124. The zero-order valence-electron chi connectivity index (χ0n) is 31.4. The Morgan fingerprint density at radius 2 is 1.73 bits per heavy atom. The summed E-state index contributed by atoms with van der Waals surface area (Å²) in [6.45, 7) is 6.15. The van der Waals surface area contributed by atoms with Crippen LogP contribution < -0.4 is 9.64 Å². The van der Waals surface area contributed by atoms with E-state index in [9.17, 15) is 14.7 Å². The fraction of sp³-hybridized carbons (Fsp3) is 0.619. The Morgan fingerprint density at radius 1 is 0.962 bits per heavy atom. The molecule has 1 saturated heterocycles. The van der Waals surface area contributed by atoms with Crippen molar-refractivity contribution in [1.82, 2.24) is 19.7 Å². The molecule has 5 fully saturated rings. The third-order valence-electron chi connectivity index (χ3n) is 12.9. The molecule has 8 rings (SSSR count). The molecule has 52 heavy (non-hydrogen) atoms. The molecule has 0 radical (unpaired) electrons. The summed E-state index contributed by atoms with van der Waals surface area (Å²) in [6, 6.07) is 10.6. The Morgan fingerprint density at radius 3 is 2.46 bits per heavy atom. The van der Waals surface area contributed by atoms with Crippen LogP contribution in [-0.2, 0) is 14.9 Å². The van der Waals surface area contributed by atoms with Crippen molar-refractivity contribution in [3.8, 4) is 16.9 Å². The van der Waals surface area contributed by atoms with Gasteiger partial charge in [0.25, 0.3) is 0 Å². The largest absolute Gasteiger partial charge is 0.496 e. The molecule has 3 aromatic rings. The van der Waals surface area contributed by atoms with Gasteiger partial charge in [0.05, 0.1) is 25.5 Å². The van der Waals surface area contributed by atoms with Crippen molar-refractivity contribution in [1.29, 1.82) is 0 Å². The number of pyridine rings is 1. The zero-order valence-corrected chi connectivity index (χ0v) is 31.4. The van der Waals surface area contributed by atoms with Gasteiger partial charge in [-0.25, -0.2) is 9.78 Å². The van der Waals surface area contributed by atoms with Crippen LogP contribution in [0, 0.1) is 18.3 Å². The monoisotopic (exact) mass is 711 g/mol. The van der Waals surface area contributed by atoms with E-state index in [1.54, 1.807) is 12.0 Å². The SMILES string of the molecule is COc1ccc(C23CCC(CN(C(=O)C4CCCCC4)c4cc(-c5cnn(C(C)COC(=O)N6CCCC(O)CC6)c5)ccn4)(CC2)CC3)cc1C. The number of hydrogen-bond acceptors (Lipinski definition) is 7. The molecule has 1 aliphatic heterocycles. The van der Waals surface area contributed by atoms with Gasteiger partial charge in [0.15, 0.2) is 0 Å². The van der Waals surface area contributed by atoms with Crippen LogP contribution >= 0.6 is 0 Å². The van der Waals surface area contributed by atoms with Crippen molar-refractivity contribution in [2.75, 3.05) is 38.3 Å². The van der Waals surface area contributed by atoms with Crippen LogP contribution in [0.25, 0.3) is 11.1 Å². The van der Waals surface area contributed by atoms with Gasteiger partial charge in [-0.05, 0) is 130 Å². The topological polar surface area (TPSA) is 110 Å². The molecule has 2 aromatic heterocycles. The Hall–Kier alpha value is -3.92. The molecule has 3 heterocycles. The number of methoxy groups -OCH3 is 1. The van der Waals surface area contributed by atoms with Gasteiger partial charge < -0.3 is 19.5 Å². The minimum absolute atomic E-state index is 0.0508. The van der Waals surface area contributed by atoms with E-state index in [4.69, 9.17) is 14.5 Å².